The van der Waals surface area contributed by atoms with E-state index in [4.69, 9.17) is 8.85 Å². The van der Waals surface area contributed by atoms with Crippen molar-refractivity contribution >= 4 is 28.9 Å². The minimum atomic E-state index is -2.40. The first-order valence-electron chi connectivity index (χ1n) is 12.9. The number of halogens is 1. The topological polar surface area (TPSA) is 147 Å². The maximum absolute atomic E-state index is 13.4. The number of methoxy groups -OCH3 is 1. The number of nitrogens with zero attached hydrogens (tertiary/aromatic N) is 5. The highest BCUT2D eigenvalue weighted by Gasteiger charge is 2.20. The highest BCUT2D eigenvalue weighted by atomic mass is 19.1. The normalized spacial score (nSPS) is 12.6. The van der Waals surface area contributed by atoms with Gasteiger partial charge in [-0.25, -0.2) is 19.3 Å². The van der Waals surface area contributed by atoms with Gasteiger partial charge >= 0.3 is 0 Å². The van der Waals surface area contributed by atoms with Crippen molar-refractivity contribution in [3.63, 3.8) is 0 Å². The largest absolute Gasteiger partial charge is 0.494 e. The number of benzene rings is 1. The van der Waals surface area contributed by atoms with Gasteiger partial charge in [0.2, 0.25) is 0 Å². The molecular formula is C26H27FN8O3. The Bertz CT molecular complexity index is 1550. The summed E-state index contributed by atoms with van der Waals surface area (Å²) in [5.41, 5.74) is 0.274. The summed E-state index contributed by atoms with van der Waals surface area (Å²) in [5.74, 6) is -0.328. The Kier molecular flexibility index (Phi) is 6.59. The van der Waals surface area contributed by atoms with Gasteiger partial charge in [-0.05, 0) is 50.5 Å². The van der Waals surface area contributed by atoms with Gasteiger partial charge in [-0.15, -0.1) is 10.2 Å². The third-order valence-corrected chi connectivity index (χ3v) is 5.33. The summed E-state index contributed by atoms with van der Waals surface area (Å²) >= 11 is 0. The molecule has 3 heterocycles. The zero-order valence-electron chi connectivity index (χ0n) is 23.8. The van der Waals surface area contributed by atoms with Crippen LogP contribution < -0.4 is 20.7 Å². The third kappa shape index (κ3) is 5.98. The van der Waals surface area contributed by atoms with Crippen molar-refractivity contribution in [2.75, 3.05) is 24.3 Å². The molecule has 0 atom stereocenters. The van der Waals surface area contributed by atoms with Gasteiger partial charge in [-0.1, -0.05) is 6.07 Å². The Balaban J connectivity index is 1.73. The van der Waals surface area contributed by atoms with Crippen LogP contribution in [0.2, 0.25) is 0 Å². The molecule has 0 unspecified atom stereocenters. The summed E-state index contributed by atoms with van der Waals surface area (Å²) in [6.07, 6.45) is 3.58. The van der Waals surface area contributed by atoms with Crippen LogP contribution in [0.5, 0.6) is 5.75 Å². The number of carbonyl (C=O) groups is 1. The van der Waals surface area contributed by atoms with Crippen LogP contribution in [-0.4, -0.2) is 49.8 Å². The lowest BCUT2D eigenvalue weighted by atomic mass is 10.00. The van der Waals surface area contributed by atoms with Crippen LogP contribution in [0.15, 0.2) is 55.0 Å². The highest BCUT2D eigenvalue weighted by molar-refractivity contribution is 5.99. The first kappa shape index (κ1) is 22.5. The van der Waals surface area contributed by atoms with Crippen molar-refractivity contribution in [2.24, 2.45) is 0 Å². The fraction of sp³-hybridized carbons (Fsp3) is 0.231. The predicted molar refractivity (Wildman–Crippen MR) is 140 cm³/mol. The standard InChI is InChI=1S/C26H27FN8O3/c1-5-28-25(36)22-19(12-21(34-35-22)33-20-11-15(9-10-29-20)26(2,3)37)32-18-8-6-7-17(23(18)38-4)24-30-13-16(27)14-31-24/h6-14,37H,5H2,1-4H3,(H,28,36)(H2,29,32,33,34)/i1D3. The third-order valence-electron chi connectivity index (χ3n) is 5.33. The SMILES string of the molecule is [2H]C([2H])([2H])CNC(=O)c1nnc(Nc2cc(C(C)(C)O)ccn2)cc1Nc1cccc(-c2ncc(F)cn2)c1OC. The number of para-hydroxylation sites is 1. The molecule has 0 fully saturated rings. The molecule has 0 radical (unpaired) electrons. The number of hydrogen-bond donors (Lipinski definition) is 4. The molecule has 1 amide bonds. The molecule has 0 spiro atoms. The van der Waals surface area contributed by atoms with Crippen molar-refractivity contribution in [2.45, 2.75) is 26.3 Å². The van der Waals surface area contributed by atoms with Gasteiger partial charge in [0.05, 0.1) is 42.0 Å². The Morgan fingerprint density at radius 3 is 2.58 bits per heavy atom. The van der Waals surface area contributed by atoms with Crippen molar-refractivity contribution < 1.29 is 23.1 Å². The number of pyridine rings is 1. The van der Waals surface area contributed by atoms with Crippen LogP contribution in [0.4, 0.5) is 27.4 Å². The summed E-state index contributed by atoms with van der Waals surface area (Å²) in [6.45, 7) is 0.293. The lowest BCUT2D eigenvalue weighted by Crippen LogP contribution is -2.25. The van der Waals surface area contributed by atoms with E-state index in [9.17, 15) is 14.3 Å². The van der Waals surface area contributed by atoms with E-state index in [1.54, 1.807) is 44.2 Å². The number of carbonyl (C=O) groups excluding carboxylic acids is 1. The molecule has 0 aliphatic heterocycles. The van der Waals surface area contributed by atoms with Crippen LogP contribution >= 0.6 is 0 Å². The van der Waals surface area contributed by atoms with Crippen molar-refractivity contribution in [1.29, 1.82) is 0 Å². The van der Waals surface area contributed by atoms with Crippen molar-refractivity contribution in [3.8, 4) is 17.1 Å². The number of nitrogens with one attached hydrogen (secondary N) is 3. The maximum atomic E-state index is 13.4. The molecule has 0 bridgehead atoms. The number of aromatic nitrogens is 5. The Morgan fingerprint density at radius 1 is 1.08 bits per heavy atom. The minimum absolute atomic E-state index is 0.152. The quantitative estimate of drug-likeness (QED) is 0.255. The monoisotopic (exact) mass is 521 g/mol. The Labute approximate surface area is 222 Å². The molecular weight excluding hydrogens is 491 g/mol. The molecule has 4 N–H and O–H groups in total. The second-order valence-corrected chi connectivity index (χ2v) is 8.52. The lowest BCUT2D eigenvalue weighted by molar-refractivity contribution is 0.0785. The van der Waals surface area contributed by atoms with Gasteiger partial charge in [0.15, 0.2) is 28.9 Å². The number of hydrogen-bond acceptors (Lipinski definition) is 10. The van der Waals surface area contributed by atoms with E-state index in [0.29, 0.717) is 28.4 Å². The molecule has 0 saturated heterocycles. The van der Waals surface area contributed by atoms with E-state index < -0.39 is 30.7 Å². The zero-order valence-corrected chi connectivity index (χ0v) is 20.8. The van der Waals surface area contributed by atoms with Crippen LogP contribution in [0.25, 0.3) is 11.4 Å². The fourth-order valence-corrected chi connectivity index (χ4v) is 3.52. The summed E-state index contributed by atoms with van der Waals surface area (Å²) in [7, 11) is 1.43. The van der Waals surface area contributed by atoms with Crippen LogP contribution in [0.3, 0.4) is 0 Å². The molecule has 12 heteroatoms. The molecule has 3 aromatic heterocycles. The fourth-order valence-electron chi connectivity index (χ4n) is 3.52. The number of ether oxygens (including phenoxy) is 1. The van der Waals surface area contributed by atoms with Gasteiger partial charge in [-0.3, -0.25) is 4.79 Å². The number of aliphatic hydroxyl groups is 1. The van der Waals surface area contributed by atoms with Crippen molar-refractivity contribution in [3.05, 3.63) is 72.1 Å². The predicted octanol–water partition coefficient (Wildman–Crippen LogP) is 3.94. The zero-order chi connectivity index (χ0) is 29.8. The Hall–Kier alpha value is -4.71. The van der Waals surface area contributed by atoms with Crippen LogP contribution in [0.1, 0.15) is 40.9 Å². The van der Waals surface area contributed by atoms with Gasteiger partial charge in [0.25, 0.3) is 5.91 Å². The first-order chi connectivity index (χ1) is 19.3. The van der Waals surface area contributed by atoms with E-state index in [1.807, 2.05) is 0 Å². The summed E-state index contributed by atoms with van der Waals surface area (Å²) in [5, 5.41) is 26.9. The van der Waals surface area contributed by atoms with Crippen LogP contribution in [0, 0.1) is 5.82 Å². The number of anilines is 4. The van der Waals surface area contributed by atoms with Crippen molar-refractivity contribution in [1.82, 2.24) is 30.5 Å². The van der Waals surface area contributed by atoms with E-state index >= 15 is 0 Å². The maximum Gasteiger partial charge on any atom is 0.273 e. The number of amides is 1. The smallest absolute Gasteiger partial charge is 0.273 e. The summed E-state index contributed by atoms with van der Waals surface area (Å²) < 4.78 is 41.2. The second kappa shape index (κ2) is 11.1. The van der Waals surface area contributed by atoms with E-state index in [1.165, 1.54) is 19.4 Å². The molecule has 38 heavy (non-hydrogen) atoms. The van der Waals surface area contributed by atoms with E-state index in [0.717, 1.165) is 12.4 Å². The summed E-state index contributed by atoms with van der Waals surface area (Å²) in [4.78, 5) is 25.2. The molecule has 0 saturated carbocycles. The van der Waals surface area contributed by atoms with Crippen LogP contribution in [-0.2, 0) is 5.60 Å². The average molecular weight is 522 g/mol. The second-order valence-electron chi connectivity index (χ2n) is 8.52. The molecule has 196 valence electrons. The molecule has 0 aliphatic carbocycles. The highest BCUT2D eigenvalue weighted by Crippen LogP contribution is 2.37. The molecule has 0 aliphatic rings. The molecule has 11 nitrogen and oxygen atoms in total. The molecule has 4 aromatic rings. The van der Waals surface area contributed by atoms with Gasteiger partial charge in [-0.2, -0.15) is 0 Å². The molecule has 4 rings (SSSR count). The summed E-state index contributed by atoms with van der Waals surface area (Å²) in [6, 6.07) is 9.82. The Morgan fingerprint density at radius 2 is 1.87 bits per heavy atom. The van der Waals surface area contributed by atoms with Gasteiger partial charge < -0.3 is 25.8 Å². The lowest BCUT2D eigenvalue weighted by Gasteiger charge is -2.18. The average Bonchev–Trinajstić information content (AvgIpc) is 2.91. The van der Waals surface area contributed by atoms with Gasteiger partial charge in [0, 0.05) is 22.9 Å². The van der Waals surface area contributed by atoms with Gasteiger partial charge in [0.1, 0.15) is 5.82 Å². The first-order valence-corrected chi connectivity index (χ1v) is 11.4. The minimum Gasteiger partial charge on any atom is -0.494 e. The molecule has 1 aromatic carbocycles. The number of rotatable bonds is 9. The van der Waals surface area contributed by atoms with E-state index in [2.05, 4.69) is 41.1 Å². The van der Waals surface area contributed by atoms with E-state index in [-0.39, 0.29) is 23.0 Å².